The zero-order valence-electron chi connectivity index (χ0n) is 19.1. The molecule has 9 nitrogen and oxygen atoms in total. The Morgan fingerprint density at radius 3 is 2.64 bits per heavy atom. The third-order valence-electron chi connectivity index (χ3n) is 5.18. The molecule has 0 aliphatic heterocycles. The molecule has 0 unspecified atom stereocenters. The van der Waals surface area contributed by atoms with Crippen molar-refractivity contribution in [3.05, 3.63) is 88.9 Å². The maximum absolute atomic E-state index is 13.7. The van der Waals surface area contributed by atoms with E-state index in [1.54, 1.807) is 19.2 Å². The number of alkyl halides is 3. The smallest absolute Gasteiger partial charge is 0.385 e. The summed E-state index contributed by atoms with van der Waals surface area (Å²) in [6.07, 6.45) is 1.48. The second-order valence-electron chi connectivity index (χ2n) is 7.72. The molecule has 0 spiro atoms. The first-order valence-electron chi connectivity index (χ1n) is 10.8. The molecule has 12 heteroatoms. The van der Waals surface area contributed by atoms with Gasteiger partial charge in [-0.25, -0.2) is 9.67 Å². The summed E-state index contributed by atoms with van der Waals surface area (Å²) < 4.78 is 48.2. The van der Waals surface area contributed by atoms with Crippen molar-refractivity contribution in [2.24, 2.45) is 0 Å². The molecular formula is C24H21F3N6O3. The SMILES string of the molecule is COCCCn1cc(C(=O)Nc2ccc(-n3nc(-c4cccnc4)cc3C(F)(F)F)cn2)ccc1=O. The van der Waals surface area contributed by atoms with Gasteiger partial charge in [-0.15, -0.1) is 0 Å². The Balaban J connectivity index is 1.55. The maximum Gasteiger partial charge on any atom is 0.433 e. The molecule has 4 rings (SSSR count). The van der Waals surface area contributed by atoms with Crippen LogP contribution < -0.4 is 10.9 Å². The molecule has 4 aromatic rings. The third-order valence-corrected chi connectivity index (χ3v) is 5.18. The van der Waals surface area contributed by atoms with Crippen molar-refractivity contribution in [1.82, 2.24) is 24.3 Å². The number of ether oxygens (including phenoxy) is 1. The van der Waals surface area contributed by atoms with Crippen LogP contribution in [0.25, 0.3) is 16.9 Å². The van der Waals surface area contributed by atoms with Crippen LogP contribution in [0.5, 0.6) is 0 Å². The van der Waals surface area contributed by atoms with Crippen LogP contribution in [0.1, 0.15) is 22.5 Å². The molecule has 4 heterocycles. The average molecular weight is 498 g/mol. The van der Waals surface area contributed by atoms with E-state index in [1.165, 1.54) is 53.6 Å². The number of aryl methyl sites for hydroxylation is 1. The number of halogens is 3. The van der Waals surface area contributed by atoms with Crippen LogP contribution in [0, 0.1) is 0 Å². The van der Waals surface area contributed by atoms with Crippen molar-refractivity contribution in [3.8, 4) is 16.9 Å². The van der Waals surface area contributed by atoms with Crippen molar-refractivity contribution in [1.29, 1.82) is 0 Å². The van der Waals surface area contributed by atoms with Crippen molar-refractivity contribution < 1.29 is 22.7 Å². The highest BCUT2D eigenvalue weighted by molar-refractivity contribution is 6.03. The summed E-state index contributed by atoms with van der Waals surface area (Å²) in [5, 5.41) is 6.67. The molecule has 1 N–H and O–H groups in total. The zero-order chi connectivity index (χ0) is 25.7. The van der Waals surface area contributed by atoms with Crippen LogP contribution in [0.15, 0.2) is 72.0 Å². The maximum atomic E-state index is 13.7. The van der Waals surface area contributed by atoms with Crippen molar-refractivity contribution >= 4 is 11.7 Å². The van der Waals surface area contributed by atoms with E-state index in [4.69, 9.17) is 4.74 Å². The fourth-order valence-electron chi connectivity index (χ4n) is 3.43. The van der Waals surface area contributed by atoms with Gasteiger partial charge in [0.25, 0.3) is 11.5 Å². The van der Waals surface area contributed by atoms with Crippen LogP contribution in [0.2, 0.25) is 0 Å². The van der Waals surface area contributed by atoms with Crippen LogP contribution in [0.3, 0.4) is 0 Å². The Morgan fingerprint density at radius 2 is 1.97 bits per heavy atom. The number of hydrogen-bond acceptors (Lipinski definition) is 6. The first-order valence-corrected chi connectivity index (χ1v) is 10.8. The molecule has 0 fully saturated rings. The Kier molecular flexibility index (Phi) is 7.25. The fraction of sp³-hybridized carbons (Fsp3) is 0.208. The number of anilines is 1. The number of methoxy groups -OCH3 is 1. The van der Waals surface area contributed by atoms with Crippen LogP contribution in [0.4, 0.5) is 19.0 Å². The van der Waals surface area contributed by atoms with Crippen molar-refractivity contribution in [2.75, 3.05) is 19.0 Å². The molecule has 0 aliphatic rings. The summed E-state index contributed by atoms with van der Waals surface area (Å²) in [5.41, 5.74) is -0.408. The summed E-state index contributed by atoms with van der Waals surface area (Å²) in [6.45, 7) is 0.850. The van der Waals surface area contributed by atoms with Gasteiger partial charge in [-0.3, -0.25) is 14.6 Å². The lowest BCUT2D eigenvalue weighted by Gasteiger charge is -2.11. The number of nitrogens with zero attached hydrogens (tertiary/aromatic N) is 5. The second-order valence-corrected chi connectivity index (χ2v) is 7.72. The molecule has 0 radical (unpaired) electrons. The summed E-state index contributed by atoms with van der Waals surface area (Å²) in [5.74, 6) is -0.404. The number of hydrogen-bond donors (Lipinski definition) is 1. The Bertz CT molecular complexity index is 1400. The van der Waals surface area contributed by atoms with Gasteiger partial charge in [-0.05, 0) is 42.8 Å². The van der Waals surface area contributed by atoms with E-state index in [0.717, 1.165) is 10.7 Å². The van der Waals surface area contributed by atoms with Gasteiger partial charge in [0.2, 0.25) is 0 Å². The normalized spacial score (nSPS) is 11.4. The number of aromatic nitrogens is 5. The molecule has 186 valence electrons. The second kappa shape index (κ2) is 10.5. The standard InChI is InChI=1S/C24H21F3N6O3/c1-36-11-3-10-32-15-17(5-8-22(32)34)23(35)30-21-7-6-18(14-29-21)33-20(24(25,26)27)12-19(31-33)16-4-2-9-28-13-16/h2,4-9,12-15H,3,10-11H2,1H3,(H,29,30,35). The highest BCUT2D eigenvalue weighted by atomic mass is 19.4. The Morgan fingerprint density at radius 1 is 1.14 bits per heavy atom. The number of carbonyl (C=O) groups is 1. The van der Waals surface area contributed by atoms with Gasteiger partial charge in [0.15, 0.2) is 0 Å². The van der Waals surface area contributed by atoms with Crippen molar-refractivity contribution in [3.63, 3.8) is 0 Å². The van der Waals surface area contributed by atoms with Gasteiger partial charge in [-0.1, -0.05) is 0 Å². The average Bonchev–Trinajstić information content (AvgIpc) is 3.33. The summed E-state index contributed by atoms with van der Waals surface area (Å²) in [6, 6.07) is 9.56. The monoisotopic (exact) mass is 498 g/mol. The third kappa shape index (κ3) is 5.66. The Hall–Kier alpha value is -4.32. The lowest BCUT2D eigenvalue weighted by Crippen LogP contribution is -2.22. The molecule has 0 saturated carbocycles. The van der Waals surface area contributed by atoms with Crippen LogP contribution >= 0.6 is 0 Å². The molecule has 0 aliphatic carbocycles. The van der Waals surface area contributed by atoms with Gasteiger partial charge < -0.3 is 14.6 Å². The zero-order valence-corrected chi connectivity index (χ0v) is 19.1. The van der Waals surface area contributed by atoms with E-state index in [2.05, 4.69) is 20.4 Å². The van der Waals surface area contributed by atoms with E-state index >= 15 is 0 Å². The molecule has 0 aromatic carbocycles. The number of rotatable bonds is 8. The Labute approximate surface area is 203 Å². The van der Waals surface area contributed by atoms with E-state index in [1.807, 2.05) is 0 Å². The predicted molar refractivity (Wildman–Crippen MR) is 125 cm³/mol. The van der Waals surface area contributed by atoms with Gasteiger partial charge in [-0.2, -0.15) is 18.3 Å². The number of nitrogens with one attached hydrogen (secondary N) is 1. The quantitative estimate of drug-likeness (QED) is 0.371. The van der Waals surface area contributed by atoms with E-state index in [-0.39, 0.29) is 28.3 Å². The summed E-state index contributed by atoms with van der Waals surface area (Å²) in [4.78, 5) is 32.6. The number of amides is 1. The van der Waals surface area contributed by atoms with Gasteiger partial charge in [0, 0.05) is 50.5 Å². The number of carbonyl (C=O) groups excluding carboxylic acids is 1. The minimum absolute atomic E-state index is 0.0576. The molecule has 0 bridgehead atoms. The molecule has 4 aromatic heterocycles. The van der Waals surface area contributed by atoms with E-state index in [0.29, 0.717) is 25.1 Å². The first-order chi connectivity index (χ1) is 17.3. The lowest BCUT2D eigenvalue weighted by molar-refractivity contribution is -0.142. The lowest BCUT2D eigenvalue weighted by atomic mass is 10.2. The first kappa shape index (κ1) is 24.8. The van der Waals surface area contributed by atoms with Gasteiger partial charge >= 0.3 is 6.18 Å². The molecule has 1 amide bonds. The number of pyridine rings is 3. The minimum Gasteiger partial charge on any atom is -0.385 e. The largest absolute Gasteiger partial charge is 0.433 e. The predicted octanol–water partition coefficient (Wildman–Crippen LogP) is 3.80. The van der Waals surface area contributed by atoms with Gasteiger partial charge in [0.05, 0.1) is 23.1 Å². The van der Waals surface area contributed by atoms with Crippen LogP contribution in [-0.2, 0) is 17.5 Å². The highest BCUT2D eigenvalue weighted by Crippen LogP contribution is 2.33. The van der Waals surface area contributed by atoms with Gasteiger partial charge in [0.1, 0.15) is 11.5 Å². The van der Waals surface area contributed by atoms with E-state index < -0.39 is 17.8 Å². The molecule has 36 heavy (non-hydrogen) atoms. The highest BCUT2D eigenvalue weighted by Gasteiger charge is 2.36. The van der Waals surface area contributed by atoms with Crippen LogP contribution in [-0.4, -0.2) is 43.9 Å². The van der Waals surface area contributed by atoms with Crippen molar-refractivity contribution in [2.45, 2.75) is 19.1 Å². The molecule has 0 atom stereocenters. The van der Waals surface area contributed by atoms with E-state index in [9.17, 15) is 22.8 Å². The fourth-order valence-corrected chi connectivity index (χ4v) is 3.43. The molecule has 0 saturated heterocycles. The summed E-state index contributed by atoms with van der Waals surface area (Å²) in [7, 11) is 1.56. The topological polar surface area (TPSA) is 104 Å². The molecular weight excluding hydrogens is 477 g/mol. The minimum atomic E-state index is -4.66. The summed E-state index contributed by atoms with van der Waals surface area (Å²) >= 11 is 0.